The lowest BCUT2D eigenvalue weighted by Crippen LogP contribution is -2.59. The predicted molar refractivity (Wildman–Crippen MR) is 140 cm³/mol. The highest BCUT2D eigenvalue weighted by molar-refractivity contribution is 5.80. The maximum Gasteiger partial charge on any atom is 0.312 e. The summed E-state index contributed by atoms with van der Waals surface area (Å²) in [6, 6.07) is 1.31. The van der Waals surface area contributed by atoms with Crippen LogP contribution in [0.5, 0.6) is 0 Å². The molecule has 1 aliphatic heterocycles. The van der Waals surface area contributed by atoms with Gasteiger partial charge in [0.2, 0.25) is 5.91 Å². The summed E-state index contributed by atoms with van der Waals surface area (Å²) >= 11 is 0. The second kappa shape index (κ2) is 11.4. The molecule has 220 valence electrons. The number of esters is 2. The average molecular weight is 561 g/mol. The standard InChI is InChI=1S/C29H41FN4O6/c30-21-17-22(18-31)34(20-21)23(36)19-33-29-10-4-27(5-11-29,6-12-29)25(38)40-16-15-39-24(37)26-1-7-28(8-2-26,9-3-26)32-13-14-35/h14,21-22,32-33H,1-13,15-17,19-20H2. The number of amides is 1. The van der Waals surface area contributed by atoms with Gasteiger partial charge in [-0.1, -0.05) is 0 Å². The highest BCUT2D eigenvalue weighted by Gasteiger charge is 2.54. The molecule has 7 fully saturated rings. The van der Waals surface area contributed by atoms with Gasteiger partial charge in [0.05, 0.1) is 36.5 Å². The summed E-state index contributed by atoms with van der Waals surface area (Å²) in [4.78, 5) is 50.7. The Hall–Kier alpha value is -2.58. The first-order valence-electron chi connectivity index (χ1n) is 14.8. The van der Waals surface area contributed by atoms with Crippen molar-refractivity contribution in [1.29, 1.82) is 5.26 Å². The van der Waals surface area contributed by atoms with Crippen LogP contribution in [0.25, 0.3) is 0 Å². The summed E-state index contributed by atoms with van der Waals surface area (Å²) in [5.41, 5.74) is -1.27. The number of ether oxygens (including phenoxy) is 2. The number of likely N-dealkylation sites (tertiary alicyclic amines) is 1. The van der Waals surface area contributed by atoms with Gasteiger partial charge in [-0.15, -0.1) is 0 Å². The molecule has 0 spiro atoms. The Bertz CT molecular complexity index is 1010. The molecule has 2 atom stereocenters. The van der Waals surface area contributed by atoms with E-state index in [2.05, 4.69) is 10.6 Å². The molecule has 11 heteroatoms. The molecule has 40 heavy (non-hydrogen) atoms. The van der Waals surface area contributed by atoms with Gasteiger partial charge in [-0.25, -0.2) is 4.39 Å². The maximum absolute atomic E-state index is 13.7. The number of halogens is 1. The number of carbonyl (C=O) groups is 4. The van der Waals surface area contributed by atoms with Crippen molar-refractivity contribution in [2.75, 3.05) is 32.8 Å². The highest BCUT2D eigenvalue weighted by Crippen LogP contribution is 2.54. The van der Waals surface area contributed by atoms with Crippen molar-refractivity contribution < 1.29 is 33.0 Å². The van der Waals surface area contributed by atoms with Gasteiger partial charge >= 0.3 is 11.9 Å². The quantitative estimate of drug-likeness (QED) is 0.221. The molecule has 0 aromatic heterocycles. The third-order valence-corrected chi connectivity index (χ3v) is 10.8. The summed E-state index contributed by atoms with van der Waals surface area (Å²) in [7, 11) is 0. The number of hydrogen-bond acceptors (Lipinski definition) is 9. The van der Waals surface area contributed by atoms with Crippen LogP contribution in [0, 0.1) is 22.2 Å². The zero-order chi connectivity index (χ0) is 28.4. The number of rotatable bonds is 11. The molecule has 6 aliphatic carbocycles. The first kappa shape index (κ1) is 28.9. The Morgan fingerprint density at radius 3 is 1.77 bits per heavy atom. The number of carbonyl (C=O) groups excluding carboxylic acids is 4. The van der Waals surface area contributed by atoms with Crippen LogP contribution in [-0.2, 0) is 28.7 Å². The monoisotopic (exact) mass is 560 g/mol. The summed E-state index contributed by atoms with van der Waals surface area (Å²) < 4.78 is 24.9. The van der Waals surface area contributed by atoms with E-state index in [-0.39, 0.29) is 61.6 Å². The largest absolute Gasteiger partial charge is 0.462 e. The van der Waals surface area contributed by atoms with E-state index in [9.17, 15) is 28.8 Å². The number of hydrogen-bond donors (Lipinski definition) is 2. The third kappa shape index (κ3) is 5.49. The van der Waals surface area contributed by atoms with Gasteiger partial charge in [0, 0.05) is 17.5 Å². The summed E-state index contributed by atoms with van der Waals surface area (Å²) in [6.45, 7) is 0.454. The van der Waals surface area contributed by atoms with E-state index >= 15 is 0 Å². The summed E-state index contributed by atoms with van der Waals surface area (Å²) in [5, 5.41) is 15.9. The van der Waals surface area contributed by atoms with E-state index in [1.807, 2.05) is 6.07 Å². The van der Waals surface area contributed by atoms with Crippen LogP contribution in [0.15, 0.2) is 0 Å². The van der Waals surface area contributed by atoms with E-state index in [1.54, 1.807) is 0 Å². The number of nitriles is 1. The third-order valence-electron chi connectivity index (χ3n) is 10.8. The average Bonchev–Trinajstić information content (AvgIpc) is 3.39. The molecule has 0 radical (unpaired) electrons. The number of aldehydes is 1. The van der Waals surface area contributed by atoms with Crippen LogP contribution in [0.3, 0.4) is 0 Å². The van der Waals surface area contributed by atoms with E-state index in [4.69, 9.17) is 9.47 Å². The van der Waals surface area contributed by atoms with Gasteiger partial charge < -0.3 is 29.8 Å². The summed E-state index contributed by atoms with van der Waals surface area (Å²) in [6.07, 6.45) is 8.79. The zero-order valence-electron chi connectivity index (χ0n) is 23.2. The molecule has 2 N–H and O–H groups in total. The molecular formula is C29H41FN4O6. The second-order valence-electron chi connectivity index (χ2n) is 12.8. The number of nitrogens with zero attached hydrogens (tertiary/aromatic N) is 2. The first-order chi connectivity index (χ1) is 19.2. The van der Waals surface area contributed by atoms with Gasteiger partial charge in [-0.05, 0) is 77.0 Å². The maximum atomic E-state index is 13.7. The fourth-order valence-corrected chi connectivity index (χ4v) is 7.89. The van der Waals surface area contributed by atoms with Gasteiger partial charge in [0.1, 0.15) is 31.7 Å². The molecular weight excluding hydrogens is 519 g/mol. The zero-order valence-corrected chi connectivity index (χ0v) is 23.2. The van der Waals surface area contributed by atoms with Crippen molar-refractivity contribution in [3.05, 3.63) is 0 Å². The van der Waals surface area contributed by atoms with Gasteiger partial charge in [-0.2, -0.15) is 5.26 Å². The van der Waals surface area contributed by atoms with Crippen molar-refractivity contribution >= 4 is 24.1 Å². The van der Waals surface area contributed by atoms with E-state index in [0.29, 0.717) is 25.8 Å². The molecule has 1 heterocycles. The van der Waals surface area contributed by atoms with Gasteiger partial charge in [0.15, 0.2) is 0 Å². The minimum absolute atomic E-state index is 0.0301. The van der Waals surface area contributed by atoms with E-state index in [0.717, 1.165) is 64.1 Å². The molecule has 1 amide bonds. The molecule has 7 rings (SSSR count). The van der Waals surface area contributed by atoms with Crippen molar-refractivity contribution in [3.8, 4) is 6.07 Å². The van der Waals surface area contributed by atoms with Crippen LogP contribution in [0.1, 0.15) is 83.5 Å². The van der Waals surface area contributed by atoms with Crippen LogP contribution in [-0.4, -0.2) is 85.2 Å². The van der Waals surface area contributed by atoms with Crippen molar-refractivity contribution in [3.63, 3.8) is 0 Å². The molecule has 2 unspecified atom stereocenters. The van der Waals surface area contributed by atoms with Crippen LogP contribution in [0.2, 0.25) is 0 Å². The van der Waals surface area contributed by atoms with Crippen molar-refractivity contribution in [2.45, 2.75) is 107 Å². The molecule has 6 saturated carbocycles. The lowest BCUT2D eigenvalue weighted by Gasteiger charge is -2.52. The minimum atomic E-state index is -1.15. The normalized spacial score (nSPS) is 38.0. The van der Waals surface area contributed by atoms with Crippen LogP contribution in [0.4, 0.5) is 4.39 Å². The Morgan fingerprint density at radius 2 is 1.32 bits per heavy atom. The molecule has 10 nitrogen and oxygen atoms in total. The second-order valence-corrected chi connectivity index (χ2v) is 12.8. The Labute approximate surface area is 234 Å². The molecule has 4 bridgehead atoms. The number of nitrogens with one attached hydrogen (secondary N) is 2. The lowest BCUT2D eigenvalue weighted by atomic mass is 9.57. The van der Waals surface area contributed by atoms with Crippen molar-refractivity contribution in [1.82, 2.24) is 15.5 Å². The fourth-order valence-electron chi connectivity index (χ4n) is 7.89. The fraction of sp³-hybridized carbons (Fsp3) is 0.828. The van der Waals surface area contributed by atoms with Gasteiger partial charge in [0.25, 0.3) is 0 Å². The van der Waals surface area contributed by atoms with Crippen LogP contribution < -0.4 is 10.6 Å². The number of alkyl halides is 1. The topological polar surface area (TPSA) is 138 Å². The molecule has 1 saturated heterocycles. The minimum Gasteiger partial charge on any atom is -0.462 e. The Kier molecular flexibility index (Phi) is 8.22. The van der Waals surface area contributed by atoms with Crippen LogP contribution >= 0.6 is 0 Å². The van der Waals surface area contributed by atoms with Crippen molar-refractivity contribution in [2.24, 2.45) is 10.8 Å². The van der Waals surface area contributed by atoms with E-state index < -0.39 is 23.0 Å². The predicted octanol–water partition coefficient (Wildman–Crippen LogP) is 2.10. The van der Waals surface area contributed by atoms with Gasteiger partial charge in [-0.3, -0.25) is 14.4 Å². The Balaban J connectivity index is 1.02. The lowest BCUT2D eigenvalue weighted by molar-refractivity contribution is -0.173. The molecule has 0 aromatic rings. The number of fused-ring (bicyclic) bond motifs is 6. The van der Waals surface area contributed by atoms with E-state index in [1.165, 1.54) is 4.90 Å². The molecule has 7 aliphatic rings. The first-order valence-corrected chi connectivity index (χ1v) is 14.8. The highest BCUT2D eigenvalue weighted by atomic mass is 19.1. The molecule has 0 aromatic carbocycles. The smallest absolute Gasteiger partial charge is 0.312 e. The summed E-state index contributed by atoms with van der Waals surface area (Å²) in [5.74, 6) is -0.703. The Morgan fingerprint density at radius 1 is 0.850 bits per heavy atom. The SMILES string of the molecule is N#CC1CC(F)CN1C(=O)CNC12CCC(C(=O)OCCOC(=O)C34CCC(NCC=O)(CC3)CC4)(CC1)CC2.